The largest absolute Gasteiger partial charge is 0.450 e. The summed E-state index contributed by atoms with van der Waals surface area (Å²) in [6, 6.07) is -0.153. The average molecular weight is 477 g/mol. The molecule has 0 aromatic heterocycles. The Morgan fingerprint density at radius 3 is 2.45 bits per heavy atom. The lowest BCUT2D eigenvalue weighted by molar-refractivity contribution is -0.279. The Balaban J connectivity index is 1.50. The van der Waals surface area contributed by atoms with Crippen LogP contribution in [0.2, 0.25) is 0 Å². The molecule has 0 aromatic rings. The molecule has 4 aliphatic carbocycles. The minimum Gasteiger partial charge on any atom is -0.450 e. The number of hydrogen-bond acceptors (Lipinski definition) is 6. The number of ether oxygens (including phenoxy) is 1. The van der Waals surface area contributed by atoms with Gasteiger partial charge in [-0.25, -0.2) is 14.6 Å². The molecule has 4 saturated carbocycles. The highest BCUT2D eigenvalue weighted by atomic mass is 35.5. The molecule has 4 fully saturated rings. The van der Waals surface area contributed by atoms with Gasteiger partial charge in [-0.1, -0.05) is 25.4 Å². The standard InChI is InChI=1S/C23H34Cl2O6/c1-21-8-5-15(31-20(25)27)11-14(21)3-4-16-17(21)6-9-22(2)18(16)7-10-23(22,28)19(26)12-29-30-13-24/h14-18,28H,3-13H2,1-2H3. The van der Waals surface area contributed by atoms with Crippen LogP contribution in [0.1, 0.15) is 71.6 Å². The van der Waals surface area contributed by atoms with Crippen molar-refractivity contribution in [2.45, 2.75) is 83.3 Å². The topological polar surface area (TPSA) is 82.1 Å². The zero-order valence-corrected chi connectivity index (χ0v) is 19.9. The first-order valence-corrected chi connectivity index (χ1v) is 12.5. The molecular weight excluding hydrogens is 443 g/mol. The summed E-state index contributed by atoms with van der Waals surface area (Å²) in [5, 5.41) is 11.5. The second-order valence-electron chi connectivity index (χ2n) is 10.7. The van der Waals surface area contributed by atoms with Crippen molar-refractivity contribution in [3.63, 3.8) is 0 Å². The van der Waals surface area contributed by atoms with Crippen LogP contribution in [0.5, 0.6) is 0 Å². The molecule has 176 valence electrons. The summed E-state index contributed by atoms with van der Waals surface area (Å²) in [6.45, 7) is 4.24. The van der Waals surface area contributed by atoms with Crippen LogP contribution in [0.25, 0.3) is 0 Å². The minimum absolute atomic E-state index is 0.0714. The first-order chi connectivity index (χ1) is 14.7. The highest BCUT2D eigenvalue weighted by Crippen LogP contribution is 2.68. The van der Waals surface area contributed by atoms with Crippen molar-refractivity contribution in [2.24, 2.45) is 34.5 Å². The van der Waals surface area contributed by atoms with E-state index in [1.165, 1.54) is 0 Å². The summed E-state index contributed by atoms with van der Waals surface area (Å²) >= 11 is 10.9. The number of carbonyl (C=O) groups excluding carboxylic acids is 2. The third-order valence-corrected chi connectivity index (χ3v) is 9.99. The lowest BCUT2D eigenvalue weighted by Gasteiger charge is -2.61. The molecule has 0 spiro atoms. The number of halogens is 2. The Hall–Kier alpha value is -0.400. The molecule has 4 rings (SSSR count). The van der Waals surface area contributed by atoms with Crippen molar-refractivity contribution in [3.8, 4) is 0 Å². The summed E-state index contributed by atoms with van der Waals surface area (Å²) < 4.78 is 5.33. The maximum Gasteiger partial charge on any atom is 0.404 e. The van der Waals surface area contributed by atoms with E-state index in [2.05, 4.69) is 18.7 Å². The fourth-order valence-electron chi connectivity index (χ4n) is 8.18. The summed E-state index contributed by atoms with van der Waals surface area (Å²) in [5.41, 5.74) is -2.31. The second kappa shape index (κ2) is 8.75. The van der Waals surface area contributed by atoms with Crippen molar-refractivity contribution in [3.05, 3.63) is 0 Å². The van der Waals surface area contributed by atoms with E-state index in [0.29, 0.717) is 30.1 Å². The molecule has 8 atom stereocenters. The maximum atomic E-state index is 12.9. The quantitative estimate of drug-likeness (QED) is 0.186. The van der Waals surface area contributed by atoms with E-state index in [9.17, 15) is 14.7 Å². The maximum absolute atomic E-state index is 12.9. The third-order valence-electron chi connectivity index (χ3n) is 9.81. The Labute approximate surface area is 194 Å². The zero-order valence-electron chi connectivity index (χ0n) is 18.4. The molecular formula is C23H34Cl2O6. The third kappa shape index (κ3) is 3.84. The number of carbonyl (C=O) groups is 2. The minimum atomic E-state index is -1.37. The van der Waals surface area contributed by atoms with Crippen LogP contribution in [0.15, 0.2) is 0 Å². The van der Waals surface area contributed by atoms with Gasteiger partial charge in [0.15, 0.2) is 11.8 Å². The monoisotopic (exact) mass is 476 g/mol. The Bertz CT molecular complexity index is 718. The molecule has 1 N–H and O–H groups in total. The van der Waals surface area contributed by atoms with Crippen LogP contribution >= 0.6 is 23.2 Å². The molecule has 4 aliphatic rings. The predicted molar refractivity (Wildman–Crippen MR) is 116 cm³/mol. The Morgan fingerprint density at radius 1 is 1.00 bits per heavy atom. The van der Waals surface area contributed by atoms with Crippen molar-refractivity contribution in [2.75, 3.05) is 12.7 Å². The van der Waals surface area contributed by atoms with Crippen molar-refractivity contribution >= 4 is 34.4 Å². The fraction of sp³-hybridized carbons (Fsp3) is 0.913. The van der Waals surface area contributed by atoms with Gasteiger partial charge < -0.3 is 9.84 Å². The van der Waals surface area contributed by atoms with E-state index in [1.807, 2.05) is 0 Å². The van der Waals surface area contributed by atoms with Gasteiger partial charge >= 0.3 is 5.43 Å². The zero-order chi connectivity index (χ0) is 22.4. The van der Waals surface area contributed by atoms with Crippen LogP contribution < -0.4 is 0 Å². The van der Waals surface area contributed by atoms with Gasteiger partial charge in [-0.15, -0.1) is 0 Å². The molecule has 0 heterocycles. The highest BCUT2D eigenvalue weighted by molar-refractivity contribution is 6.61. The number of rotatable bonds is 6. The number of ketones is 1. The van der Waals surface area contributed by atoms with Crippen LogP contribution in [-0.2, 0) is 19.3 Å². The first kappa shape index (κ1) is 23.7. The van der Waals surface area contributed by atoms with E-state index in [0.717, 1.165) is 51.4 Å². The fourth-order valence-corrected chi connectivity index (χ4v) is 8.37. The number of Topliss-reactive ketones (excluding diaryl/α,β-unsaturated/α-hetero) is 1. The molecule has 8 unspecified atom stereocenters. The van der Waals surface area contributed by atoms with Crippen LogP contribution in [0, 0.1) is 34.5 Å². The average Bonchev–Trinajstić information content (AvgIpc) is 3.00. The normalized spacial score (nSPS) is 46.5. The molecule has 6 nitrogen and oxygen atoms in total. The van der Waals surface area contributed by atoms with Gasteiger partial charge in [-0.05, 0) is 86.9 Å². The summed E-state index contributed by atoms with van der Waals surface area (Å²) in [6.07, 6.45) is 8.10. The van der Waals surface area contributed by atoms with Gasteiger partial charge in [-0.2, -0.15) is 0 Å². The summed E-state index contributed by atoms with van der Waals surface area (Å²) in [4.78, 5) is 33.7. The molecule has 31 heavy (non-hydrogen) atoms. The van der Waals surface area contributed by atoms with E-state index in [4.69, 9.17) is 32.8 Å². The smallest absolute Gasteiger partial charge is 0.404 e. The Morgan fingerprint density at radius 2 is 1.74 bits per heavy atom. The SMILES string of the molecule is CC12CCC(OC(=O)Cl)CC1CCC1C2CCC2(C)C1CCC2(O)C(=O)COOCCl. The second-order valence-corrected chi connectivity index (χ2v) is 11.2. The van der Waals surface area contributed by atoms with Crippen molar-refractivity contribution in [1.29, 1.82) is 0 Å². The Kier molecular flexibility index (Phi) is 6.70. The molecule has 0 saturated heterocycles. The number of aliphatic hydroxyl groups is 1. The van der Waals surface area contributed by atoms with E-state index in [-0.39, 0.29) is 30.0 Å². The van der Waals surface area contributed by atoms with Gasteiger partial charge in [0, 0.05) is 17.0 Å². The van der Waals surface area contributed by atoms with Crippen LogP contribution in [0.3, 0.4) is 0 Å². The number of hydrogen-bond donors (Lipinski definition) is 1. The van der Waals surface area contributed by atoms with Crippen LogP contribution in [-0.4, -0.2) is 40.7 Å². The number of alkyl halides is 1. The first-order valence-electron chi connectivity index (χ1n) is 11.6. The molecule has 0 amide bonds. The van der Waals surface area contributed by atoms with Crippen molar-refractivity contribution < 1.29 is 29.2 Å². The van der Waals surface area contributed by atoms with E-state index >= 15 is 0 Å². The van der Waals surface area contributed by atoms with Gasteiger partial charge in [0.2, 0.25) is 0 Å². The van der Waals surface area contributed by atoms with E-state index in [1.54, 1.807) is 0 Å². The van der Waals surface area contributed by atoms with Gasteiger partial charge in [0.1, 0.15) is 18.3 Å². The van der Waals surface area contributed by atoms with Gasteiger partial charge in [-0.3, -0.25) is 4.79 Å². The predicted octanol–water partition coefficient (Wildman–Crippen LogP) is 5.22. The van der Waals surface area contributed by atoms with Crippen LogP contribution in [0.4, 0.5) is 4.79 Å². The molecule has 0 bridgehead atoms. The summed E-state index contributed by atoms with van der Waals surface area (Å²) in [5.74, 6) is 1.63. The molecule has 0 radical (unpaired) electrons. The molecule has 8 heteroatoms. The highest BCUT2D eigenvalue weighted by Gasteiger charge is 2.66. The van der Waals surface area contributed by atoms with Gasteiger partial charge in [0.25, 0.3) is 0 Å². The summed E-state index contributed by atoms with van der Waals surface area (Å²) in [7, 11) is 0. The number of fused-ring (bicyclic) bond motifs is 5. The van der Waals surface area contributed by atoms with E-state index < -0.39 is 16.4 Å². The molecule has 0 aliphatic heterocycles. The van der Waals surface area contributed by atoms with Crippen molar-refractivity contribution in [1.82, 2.24) is 0 Å². The molecule has 0 aromatic carbocycles. The lowest BCUT2D eigenvalue weighted by Crippen LogP contribution is -2.59. The van der Waals surface area contributed by atoms with Gasteiger partial charge in [0.05, 0.1) is 0 Å². The lowest BCUT2D eigenvalue weighted by atomic mass is 9.44.